The van der Waals surface area contributed by atoms with Gasteiger partial charge in [0.05, 0.1) is 5.88 Å². The van der Waals surface area contributed by atoms with Crippen LogP contribution >= 0.6 is 11.6 Å². The molecule has 2 heterocycles. The largest absolute Gasteiger partial charge is 0.354 e. The maximum atomic E-state index is 14.1. The molecule has 0 atom stereocenters. The van der Waals surface area contributed by atoms with Crippen molar-refractivity contribution in [3.63, 3.8) is 0 Å². The second-order valence-electron chi connectivity index (χ2n) is 4.96. The number of rotatable bonds is 4. The Kier molecular flexibility index (Phi) is 4.81. The number of nitrogens with zero attached hydrogens (tertiary/aromatic N) is 2. The van der Waals surface area contributed by atoms with E-state index in [0.29, 0.717) is 11.4 Å². The van der Waals surface area contributed by atoms with Crippen molar-refractivity contribution >= 4 is 17.4 Å². The van der Waals surface area contributed by atoms with Crippen molar-refractivity contribution in [1.29, 1.82) is 0 Å². The van der Waals surface area contributed by atoms with Crippen molar-refractivity contribution in [2.75, 3.05) is 18.0 Å². The van der Waals surface area contributed by atoms with Gasteiger partial charge in [-0.05, 0) is 24.8 Å². The second-order valence-corrected chi connectivity index (χ2v) is 5.23. The van der Waals surface area contributed by atoms with Crippen molar-refractivity contribution < 1.29 is 4.39 Å². The first-order valence-corrected chi connectivity index (χ1v) is 7.24. The number of alkyl halides is 1. The van der Waals surface area contributed by atoms with Crippen LogP contribution in [0.25, 0.3) is 0 Å². The number of pyridine rings is 1. The van der Waals surface area contributed by atoms with Gasteiger partial charge in [-0.15, -0.1) is 11.6 Å². The van der Waals surface area contributed by atoms with E-state index in [1.807, 2.05) is 0 Å². The zero-order valence-corrected chi connectivity index (χ0v) is 11.6. The minimum Gasteiger partial charge on any atom is -0.354 e. The van der Waals surface area contributed by atoms with Crippen LogP contribution in [0.3, 0.4) is 0 Å². The molecule has 1 aromatic heterocycles. The van der Waals surface area contributed by atoms with Gasteiger partial charge in [-0.2, -0.15) is 0 Å². The van der Waals surface area contributed by atoms with Crippen LogP contribution in [0.5, 0.6) is 0 Å². The molecule has 0 aromatic carbocycles. The van der Waals surface area contributed by atoms with E-state index >= 15 is 0 Å². The molecule has 0 saturated carbocycles. The van der Waals surface area contributed by atoms with E-state index in [-0.39, 0.29) is 11.7 Å². The van der Waals surface area contributed by atoms with Gasteiger partial charge in [0, 0.05) is 24.8 Å². The van der Waals surface area contributed by atoms with E-state index in [9.17, 15) is 4.39 Å². The SMILES string of the molecule is CCCC1CCN(c2nccc(CCl)c2F)CC1. The molecule has 2 nitrogen and oxygen atoms in total. The molecular formula is C14H20ClFN2. The summed E-state index contributed by atoms with van der Waals surface area (Å²) in [5.74, 6) is 1.23. The summed E-state index contributed by atoms with van der Waals surface area (Å²) in [6.07, 6.45) is 6.44. The van der Waals surface area contributed by atoms with Crippen molar-refractivity contribution in [3.05, 3.63) is 23.6 Å². The first-order chi connectivity index (χ1) is 8.76. The van der Waals surface area contributed by atoms with Gasteiger partial charge < -0.3 is 4.90 Å². The van der Waals surface area contributed by atoms with Crippen molar-refractivity contribution in [2.45, 2.75) is 38.5 Å². The fourth-order valence-corrected chi connectivity index (χ4v) is 2.84. The Morgan fingerprint density at radius 2 is 2.17 bits per heavy atom. The maximum Gasteiger partial charge on any atom is 0.170 e. The summed E-state index contributed by atoms with van der Waals surface area (Å²) in [4.78, 5) is 6.23. The molecule has 0 bridgehead atoms. The van der Waals surface area contributed by atoms with E-state index in [1.54, 1.807) is 12.3 Å². The second kappa shape index (κ2) is 6.37. The Morgan fingerprint density at radius 1 is 1.44 bits per heavy atom. The summed E-state index contributed by atoms with van der Waals surface area (Å²) in [6.45, 7) is 4.03. The van der Waals surface area contributed by atoms with Gasteiger partial charge in [-0.1, -0.05) is 19.8 Å². The van der Waals surface area contributed by atoms with Gasteiger partial charge in [0.25, 0.3) is 0 Å². The van der Waals surface area contributed by atoms with Crippen molar-refractivity contribution in [3.8, 4) is 0 Å². The molecule has 4 heteroatoms. The molecule has 1 saturated heterocycles. The molecule has 1 aliphatic heterocycles. The van der Waals surface area contributed by atoms with Crippen LogP contribution in [0.4, 0.5) is 10.2 Å². The number of hydrogen-bond acceptors (Lipinski definition) is 2. The van der Waals surface area contributed by atoms with Crippen LogP contribution in [-0.2, 0) is 5.88 Å². The minimum atomic E-state index is -0.249. The normalized spacial score (nSPS) is 17.2. The fraction of sp³-hybridized carbons (Fsp3) is 0.643. The zero-order valence-electron chi connectivity index (χ0n) is 10.8. The van der Waals surface area contributed by atoms with Crippen LogP contribution < -0.4 is 4.90 Å². The molecule has 1 aromatic rings. The van der Waals surface area contributed by atoms with Crippen LogP contribution in [-0.4, -0.2) is 18.1 Å². The number of piperidine rings is 1. The summed E-state index contributed by atoms with van der Waals surface area (Å²) in [7, 11) is 0. The molecule has 0 spiro atoms. The summed E-state index contributed by atoms with van der Waals surface area (Å²) in [5, 5.41) is 0. The Bertz CT molecular complexity index is 389. The average Bonchev–Trinajstić information content (AvgIpc) is 2.41. The first kappa shape index (κ1) is 13.6. The lowest BCUT2D eigenvalue weighted by molar-refractivity contribution is 0.375. The Balaban J connectivity index is 2.05. The monoisotopic (exact) mass is 270 g/mol. The highest BCUT2D eigenvalue weighted by Gasteiger charge is 2.22. The smallest absolute Gasteiger partial charge is 0.170 e. The molecule has 0 unspecified atom stereocenters. The Labute approximate surface area is 113 Å². The molecule has 0 amide bonds. The van der Waals surface area contributed by atoms with E-state index in [0.717, 1.165) is 31.8 Å². The summed E-state index contributed by atoms with van der Waals surface area (Å²) >= 11 is 5.72. The lowest BCUT2D eigenvalue weighted by Crippen LogP contribution is -2.35. The third kappa shape index (κ3) is 2.94. The van der Waals surface area contributed by atoms with E-state index < -0.39 is 0 Å². The molecular weight excluding hydrogens is 251 g/mol. The maximum absolute atomic E-state index is 14.1. The van der Waals surface area contributed by atoms with Crippen LogP contribution in [0.2, 0.25) is 0 Å². The highest BCUT2D eigenvalue weighted by Crippen LogP contribution is 2.27. The quantitative estimate of drug-likeness (QED) is 0.770. The summed E-state index contributed by atoms with van der Waals surface area (Å²) in [5.41, 5.74) is 0.539. The van der Waals surface area contributed by atoms with Gasteiger partial charge in [0.15, 0.2) is 11.6 Å². The number of hydrogen-bond donors (Lipinski definition) is 0. The highest BCUT2D eigenvalue weighted by molar-refractivity contribution is 6.17. The Hall–Kier alpha value is -0.830. The molecule has 18 heavy (non-hydrogen) atoms. The highest BCUT2D eigenvalue weighted by atomic mass is 35.5. The van der Waals surface area contributed by atoms with Crippen LogP contribution in [0.1, 0.15) is 38.2 Å². The fourth-order valence-electron chi connectivity index (χ4n) is 2.64. The average molecular weight is 271 g/mol. The van der Waals surface area contributed by atoms with Crippen molar-refractivity contribution in [1.82, 2.24) is 4.98 Å². The number of aromatic nitrogens is 1. The Morgan fingerprint density at radius 3 is 2.78 bits per heavy atom. The molecule has 100 valence electrons. The van der Waals surface area contributed by atoms with Crippen molar-refractivity contribution in [2.24, 2.45) is 5.92 Å². The molecule has 0 aliphatic carbocycles. The van der Waals surface area contributed by atoms with Gasteiger partial charge in [0.2, 0.25) is 0 Å². The van der Waals surface area contributed by atoms with Crippen LogP contribution in [0, 0.1) is 11.7 Å². The molecule has 1 aliphatic rings. The van der Waals surface area contributed by atoms with E-state index in [4.69, 9.17) is 11.6 Å². The first-order valence-electron chi connectivity index (χ1n) is 6.70. The van der Waals surface area contributed by atoms with Gasteiger partial charge in [-0.25, -0.2) is 9.37 Å². The third-order valence-corrected chi connectivity index (χ3v) is 3.99. The topological polar surface area (TPSA) is 16.1 Å². The lowest BCUT2D eigenvalue weighted by Gasteiger charge is -2.33. The van der Waals surface area contributed by atoms with Crippen LogP contribution in [0.15, 0.2) is 12.3 Å². The predicted molar refractivity (Wildman–Crippen MR) is 73.6 cm³/mol. The molecule has 2 rings (SSSR count). The van der Waals surface area contributed by atoms with E-state index in [2.05, 4.69) is 16.8 Å². The molecule has 0 radical (unpaired) electrons. The van der Waals surface area contributed by atoms with Gasteiger partial charge >= 0.3 is 0 Å². The number of anilines is 1. The molecule has 1 fully saturated rings. The van der Waals surface area contributed by atoms with Gasteiger partial charge in [-0.3, -0.25) is 0 Å². The summed E-state index contributed by atoms with van der Waals surface area (Å²) in [6, 6.07) is 1.65. The lowest BCUT2D eigenvalue weighted by atomic mass is 9.92. The predicted octanol–water partition coefficient (Wildman–Crippen LogP) is 3.98. The zero-order chi connectivity index (χ0) is 13.0. The number of halogens is 2. The standard InChI is InChI=1S/C14H20ClFN2/c1-2-3-11-5-8-18(9-6-11)14-13(16)12(10-15)4-7-17-14/h4,7,11H,2-3,5-6,8-10H2,1H3. The minimum absolute atomic E-state index is 0.202. The molecule has 0 N–H and O–H groups in total. The van der Waals surface area contributed by atoms with E-state index in [1.165, 1.54) is 12.8 Å². The van der Waals surface area contributed by atoms with Gasteiger partial charge in [0.1, 0.15) is 0 Å². The third-order valence-electron chi connectivity index (χ3n) is 3.71. The summed E-state index contributed by atoms with van der Waals surface area (Å²) < 4.78 is 14.1.